The van der Waals surface area contributed by atoms with Gasteiger partial charge in [0.1, 0.15) is 12.3 Å². The average molecular weight is 386 g/mol. The minimum absolute atomic E-state index is 0.147. The number of hydrogen-bond donors (Lipinski definition) is 3. The van der Waals surface area contributed by atoms with Crippen LogP contribution in [0.15, 0.2) is 23.1 Å². The van der Waals surface area contributed by atoms with Gasteiger partial charge in [-0.15, -0.1) is 0 Å². The van der Waals surface area contributed by atoms with Gasteiger partial charge in [-0.1, -0.05) is 19.3 Å². The second kappa shape index (κ2) is 8.81. The van der Waals surface area contributed by atoms with E-state index in [1.165, 1.54) is 12.1 Å². The molecule has 1 aromatic rings. The van der Waals surface area contributed by atoms with Crippen molar-refractivity contribution in [2.45, 2.75) is 43.0 Å². The van der Waals surface area contributed by atoms with E-state index in [0.29, 0.717) is 5.69 Å². The number of nitrogens with two attached hydrogens (primary N) is 1. The number of carbonyl (C=O) groups excluding carboxylic acids is 1. The minimum atomic E-state index is -3.98. The summed E-state index contributed by atoms with van der Waals surface area (Å²) in [5.41, 5.74) is 4.78. The van der Waals surface area contributed by atoms with E-state index in [9.17, 15) is 23.3 Å². The van der Waals surface area contributed by atoms with Gasteiger partial charge in [0, 0.05) is 18.7 Å². The predicted octanol–water partition coefficient (Wildman–Crippen LogP) is 1.71. The lowest BCUT2D eigenvalue weighted by Crippen LogP contribution is -2.29. The second-order valence-electron chi connectivity index (χ2n) is 5.98. The zero-order chi connectivity index (χ0) is 19.2. The highest BCUT2D eigenvalue weighted by molar-refractivity contribution is 7.89. The largest absolute Gasteiger partial charge is 0.448 e. The van der Waals surface area contributed by atoms with E-state index in [1.807, 2.05) is 0 Å². The van der Waals surface area contributed by atoms with Crippen molar-refractivity contribution in [3.63, 3.8) is 0 Å². The van der Waals surface area contributed by atoms with Crippen LogP contribution < -0.4 is 15.8 Å². The third-order valence-corrected chi connectivity index (χ3v) is 5.54. The highest BCUT2D eigenvalue weighted by atomic mass is 32.2. The number of anilines is 1. The summed E-state index contributed by atoms with van der Waals surface area (Å²) >= 11 is 0. The van der Waals surface area contributed by atoms with E-state index in [-0.39, 0.29) is 29.8 Å². The monoisotopic (exact) mass is 386 g/mol. The van der Waals surface area contributed by atoms with Crippen molar-refractivity contribution in [2.24, 2.45) is 5.73 Å². The number of nitrogens with zero attached hydrogens (tertiary/aromatic N) is 1. The van der Waals surface area contributed by atoms with Gasteiger partial charge in [-0.05, 0) is 25.0 Å². The molecule has 0 radical (unpaired) electrons. The molecule has 1 aromatic carbocycles. The molecular weight excluding hydrogens is 364 g/mol. The van der Waals surface area contributed by atoms with Gasteiger partial charge in [0.2, 0.25) is 10.0 Å². The summed E-state index contributed by atoms with van der Waals surface area (Å²) in [7, 11) is -3.98. The molecule has 0 saturated heterocycles. The van der Waals surface area contributed by atoms with Crippen LogP contribution in [0.3, 0.4) is 0 Å². The number of sulfonamides is 1. The van der Waals surface area contributed by atoms with Crippen molar-refractivity contribution in [1.82, 2.24) is 4.72 Å². The first-order valence-electron chi connectivity index (χ1n) is 8.26. The minimum Gasteiger partial charge on any atom is -0.448 e. The Balaban J connectivity index is 2.13. The molecule has 0 aromatic heterocycles. The van der Waals surface area contributed by atoms with Crippen LogP contribution in [0.25, 0.3) is 0 Å². The first-order chi connectivity index (χ1) is 12.3. The topological polar surface area (TPSA) is 154 Å². The number of nitrogens with one attached hydrogen (secondary N) is 2. The van der Waals surface area contributed by atoms with Crippen LogP contribution in [0, 0.1) is 10.1 Å². The molecule has 0 aliphatic heterocycles. The fraction of sp³-hybridized carbons (Fsp3) is 0.533. The number of ether oxygens (including phenoxy) is 1. The molecule has 11 heteroatoms. The molecule has 0 spiro atoms. The molecular formula is C15H22N4O6S. The van der Waals surface area contributed by atoms with Crippen molar-refractivity contribution < 1.29 is 22.9 Å². The molecule has 1 aliphatic rings. The van der Waals surface area contributed by atoms with Crippen LogP contribution in [0.5, 0.6) is 0 Å². The van der Waals surface area contributed by atoms with Gasteiger partial charge < -0.3 is 15.8 Å². The van der Waals surface area contributed by atoms with Gasteiger partial charge in [-0.25, -0.2) is 17.9 Å². The molecule has 1 aliphatic carbocycles. The van der Waals surface area contributed by atoms with Crippen molar-refractivity contribution in [2.75, 3.05) is 18.5 Å². The average Bonchev–Trinajstić information content (AvgIpc) is 2.59. The zero-order valence-corrected chi connectivity index (χ0v) is 15.0. The lowest BCUT2D eigenvalue weighted by atomic mass is 9.95. The van der Waals surface area contributed by atoms with Gasteiger partial charge >= 0.3 is 6.09 Å². The van der Waals surface area contributed by atoms with Crippen molar-refractivity contribution >= 4 is 27.5 Å². The maximum absolute atomic E-state index is 12.2. The Hall–Kier alpha value is -2.40. The van der Waals surface area contributed by atoms with E-state index >= 15 is 0 Å². The molecule has 0 bridgehead atoms. The molecule has 10 nitrogen and oxygen atoms in total. The van der Waals surface area contributed by atoms with Gasteiger partial charge in [0.25, 0.3) is 5.69 Å². The van der Waals surface area contributed by atoms with Crippen molar-refractivity contribution in [3.8, 4) is 0 Å². The fourth-order valence-electron chi connectivity index (χ4n) is 2.83. The van der Waals surface area contributed by atoms with E-state index in [2.05, 4.69) is 14.8 Å². The molecule has 144 valence electrons. The maximum Gasteiger partial charge on any atom is 0.404 e. The Kier molecular flexibility index (Phi) is 6.75. The fourth-order valence-corrected chi connectivity index (χ4v) is 3.86. The summed E-state index contributed by atoms with van der Waals surface area (Å²) in [6, 6.07) is 3.87. The molecule has 4 N–H and O–H groups in total. The Labute approximate surface area is 151 Å². The van der Waals surface area contributed by atoms with Crippen LogP contribution in [-0.4, -0.2) is 38.6 Å². The summed E-state index contributed by atoms with van der Waals surface area (Å²) in [5, 5.41) is 14.5. The first kappa shape index (κ1) is 19.9. The Morgan fingerprint density at radius 2 is 2.00 bits per heavy atom. The first-order valence-corrected chi connectivity index (χ1v) is 9.75. The molecule has 0 unspecified atom stereocenters. The Bertz CT molecular complexity index is 761. The number of carbonyl (C=O) groups is 1. The normalized spacial score (nSPS) is 15.4. The number of primary amides is 1. The third-order valence-electron chi connectivity index (χ3n) is 4.08. The summed E-state index contributed by atoms with van der Waals surface area (Å²) < 4.78 is 31.1. The molecule has 2 rings (SSSR count). The van der Waals surface area contributed by atoms with Crippen molar-refractivity contribution in [1.29, 1.82) is 0 Å². The molecule has 26 heavy (non-hydrogen) atoms. The molecule has 1 amide bonds. The summed E-state index contributed by atoms with van der Waals surface area (Å²) in [4.78, 5) is 21.0. The summed E-state index contributed by atoms with van der Waals surface area (Å²) in [6.45, 7) is -0.431. The van der Waals surface area contributed by atoms with Crippen LogP contribution in [0.1, 0.15) is 32.1 Å². The number of amides is 1. The predicted molar refractivity (Wildman–Crippen MR) is 94.3 cm³/mol. The summed E-state index contributed by atoms with van der Waals surface area (Å²) in [6.07, 6.45) is 4.13. The van der Waals surface area contributed by atoms with E-state index < -0.39 is 21.0 Å². The number of rotatable bonds is 8. The summed E-state index contributed by atoms with van der Waals surface area (Å²) in [5.74, 6) is 0. The Morgan fingerprint density at radius 3 is 2.62 bits per heavy atom. The quantitative estimate of drug-likeness (QED) is 0.349. The van der Waals surface area contributed by atoms with Gasteiger partial charge in [0.15, 0.2) is 0 Å². The van der Waals surface area contributed by atoms with Crippen LogP contribution in [0.4, 0.5) is 16.2 Å². The van der Waals surface area contributed by atoms with Gasteiger partial charge in [-0.2, -0.15) is 0 Å². The van der Waals surface area contributed by atoms with Crippen molar-refractivity contribution in [3.05, 3.63) is 28.3 Å². The lowest BCUT2D eigenvalue weighted by Gasteiger charge is -2.23. The highest BCUT2D eigenvalue weighted by Gasteiger charge is 2.23. The van der Waals surface area contributed by atoms with E-state index in [0.717, 1.165) is 38.2 Å². The number of hydrogen-bond acceptors (Lipinski definition) is 7. The zero-order valence-electron chi connectivity index (χ0n) is 14.1. The van der Waals surface area contributed by atoms with Gasteiger partial charge in [0.05, 0.1) is 9.82 Å². The lowest BCUT2D eigenvalue weighted by molar-refractivity contribution is -0.384. The number of benzene rings is 1. The maximum atomic E-state index is 12.2. The number of nitro groups is 1. The standard InChI is InChI=1S/C15H22N4O6S/c16-15(20)25-9-8-17-26(23,24)12-6-7-13(14(10-12)19(21)22)18-11-4-2-1-3-5-11/h6-7,10-11,17-18H,1-5,8-9H2,(H2,16,20). The molecule has 1 saturated carbocycles. The highest BCUT2D eigenvalue weighted by Crippen LogP contribution is 2.30. The van der Waals surface area contributed by atoms with E-state index in [1.54, 1.807) is 0 Å². The smallest absolute Gasteiger partial charge is 0.404 e. The third kappa shape index (κ3) is 5.56. The molecule has 0 heterocycles. The van der Waals surface area contributed by atoms with Gasteiger partial charge in [-0.3, -0.25) is 10.1 Å². The van der Waals surface area contributed by atoms with Crippen LogP contribution in [-0.2, 0) is 14.8 Å². The Morgan fingerprint density at radius 1 is 1.31 bits per heavy atom. The van der Waals surface area contributed by atoms with Crippen LogP contribution >= 0.6 is 0 Å². The van der Waals surface area contributed by atoms with Crippen LogP contribution in [0.2, 0.25) is 0 Å². The van der Waals surface area contributed by atoms with E-state index in [4.69, 9.17) is 5.73 Å². The SMILES string of the molecule is NC(=O)OCCNS(=O)(=O)c1ccc(NC2CCCCC2)c([N+](=O)[O-])c1. The molecule has 0 atom stereocenters. The second-order valence-corrected chi connectivity index (χ2v) is 7.75. The number of nitro benzene ring substituents is 1. The molecule has 1 fully saturated rings.